The van der Waals surface area contributed by atoms with E-state index in [9.17, 15) is 24.8 Å². The molecule has 184 valence electrons. The molecule has 0 saturated heterocycles. The van der Waals surface area contributed by atoms with Gasteiger partial charge in [-0.05, 0) is 51.4 Å². The maximum absolute atomic E-state index is 12.4. The van der Waals surface area contributed by atoms with E-state index in [0.29, 0.717) is 51.4 Å². The number of carbonyl (C=O) groups excluding carboxylic acids is 2. The lowest BCUT2D eigenvalue weighted by atomic mass is 9.86. The third kappa shape index (κ3) is 13.0. The van der Waals surface area contributed by atoms with Crippen LogP contribution in [0.4, 0.5) is 0 Å². The Balaban J connectivity index is 4.99. The molecule has 0 aromatic heterocycles. The molecule has 0 bridgehead atoms. The van der Waals surface area contributed by atoms with Gasteiger partial charge >= 0.3 is 17.9 Å². The summed E-state index contributed by atoms with van der Waals surface area (Å²) < 4.78 is 9.84. The molecule has 8 nitrogen and oxygen atoms in total. The van der Waals surface area contributed by atoms with Gasteiger partial charge in [0.15, 0.2) is 0 Å². The van der Waals surface area contributed by atoms with Gasteiger partial charge in [0.1, 0.15) is 12.2 Å². The van der Waals surface area contributed by atoms with Crippen LogP contribution in [0.1, 0.15) is 71.6 Å². The van der Waals surface area contributed by atoms with Crippen molar-refractivity contribution in [2.24, 2.45) is 23.7 Å². The number of aliphatic hydroxyl groups is 1. The van der Waals surface area contributed by atoms with E-state index in [0.717, 1.165) is 6.42 Å². The lowest BCUT2D eigenvalue weighted by molar-refractivity contribution is -0.147. The van der Waals surface area contributed by atoms with E-state index in [1.807, 2.05) is 6.92 Å². The fourth-order valence-electron chi connectivity index (χ4n) is 3.53. The summed E-state index contributed by atoms with van der Waals surface area (Å²) in [6, 6.07) is 2.21. The number of aliphatic hydroxyl groups excluding tert-OH is 1. The topological polar surface area (TPSA) is 134 Å². The van der Waals surface area contributed by atoms with Crippen LogP contribution in [0, 0.1) is 70.9 Å². The summed E-state index contributed by atoms with van der Waals surface area (Å²) in [5, 5.41) is 26.9. The molecule has 0 fully saturated rings. The average molecular weight is 472 g/mol. The minimum absolute atomic E-state index is 0.358. The van der Waals surface area contributed by atoms with Crippen LogP contribution in [0.15, 0.2) is 0 Å². The zero-order valence-electron chi connectivity index (χ0n) is 20.1. The van der Waals surface area contributed by atoms with Crippen molar-refractivity contribution >= 4 is 17.9 Å². The summed E-state index contributed by atoms with van der Waals surface area (Å²) in [7, 11) is 1.30. The normalized spacial score (nSPS) is 13.0. The number of aliphatic carboxylic acids is 1. The van der Waals surface area contributed by atoms with E-state index in [-0.39, 0.29) is 5.92 Å². The van der Waals surface area contributed by atoms with Gasteiger partial charge in [-0.1, -0.05) is 20.3 Å². The molecule has 0 aromatic carbocycles. The highest BCUT2D eigenvalue weighted by molar-refractivity contribution is 5.74. The molecule has 0 saturated carbocycles. The summed E-state index contributed by atoms with van der Waals surface area (Å²) >= 11 is 0. The quantitative estimate of drug-likeness (QED) is 0.273. The van der Waals surface area contributed by atoms with E-state index in [2.05, 4.69) is 35.9 Å². The van der Waals surface area contributed by atoms with Crippen molar-refractivity contribution < 1.29 is 34.1 Å². The van der Waals surface area contributed by atoms with E-state index in [1.54, 1.807) is 13.0 Å². The number of esters is 2. The first-order chi connectivity index (χ1) is 16.3. The summed E-state index contributed by atoms with van der Waals surface area (Å²) in [5.74, 6) is 5.38. The Kier molecular flexibility index (Phi) is 16.9. The maximum Gasteiger partial charge on any atom is 0.322 e. The summed E-state index contributed by atoms with van der Waals surface area (Å²) in [6.45, 7) is 3.73. The van der Waals surface area contributed by atoms with Crippen LogP contribution in [0.2, 0.25) is 0 Å². The van der Waals surface area contributed by atoms with E-state index < -0.39 is 35.7 Å². The predicted octanol–water partition coefficient (Wildman–Crippen LogP) is 3.62. The zero-order chi connectivity index (χ0) is 25.8. The van der Waals surface area contributed by atoms with Gasteiger partial charge in [-0.2, -0.15) is 5.26 Å². The number of methoxy groups -OCH3 is 1. The van der Waals surface area contributed by atoms with Crippen molar-refractivity contribution in [2.75, 3.05) is 7.11 Å². The number of carboxylic acids is 1. The Morgan fingerprint density at radius 3 is 1.88 bits per heavy atom. The Labute approximate surface area is 202 Å². The number of hydrogen-bond donors (Lipinski definition) is 2. The maximum atomic E-state index is 12.4. The van der Waals surface area contributed by atoms with Crippen molar-refractivity contribution in [3.63, 3.8) is 0 Å². The molecule has 0 aliphatic rings. The lowest BCUT2D eigenvalue weighted by Crippen LogP contribution is -2.22. The monoisotopic (exact) mass is 471 g/mol. The van der Waals surface area contributed by atoms with Gasteiger partial charge in [0.2, 0.25) is 0 Å². The van der Waals surface area contributed by atoms with Crippen LogP contribution in [-0.2, 0) is 23.9 Å². The zero-order valence-corrected chi connectivity index (χ0v) is 20.1. The molecule has 34 heavy (non-hydrogen) atoms. The van der Waals surface area contributed by atoms with Crippen LogP contribution in [0.5, 0.6) is 0 Å². The first-order valence-electron chi connectivity index (χ1n) is 11.4. The minimum Gasteiger partial charge on any atom is -0.481 e. The van der Waals surface area contributed by atoms with E-state index in [1.165, 1.54) is 7.11 Å². The van der Waals surface area contributed by atoms with Gasteiger partial charge in [0.05, 0.1) is 30.9 Å². The van der Waals surface area contributed by atoms with Crippen LogP contribution in [-0.4, -0.2) is 35.2 Å². The molecule has 4 atom stereocenters. The number of ether oxygens (including phenoxy) is 2. The van der Waals surface area contributed by atoms with Crippen molar-refractivity contribution in [1.29, 1.82) is 5.26 Å². The molecule has 0 rings (SSSR count). The Bertz CT molecular complexity index is 886. The van der Waals surface area contributed by atoms with Gasteiger partial charge in [-0.25, -0.2) is 0 Å². The summed E-state index contributed by atoms with van der Waals surface area (Å²) in [4.78, 5) is 35.9. The number of hydrogen-bond acceptors (Lipinski definition) is 7. The SMILES string of the molecule is CCCC(CCC(CCC(C#N)CCC(CC)C(=O)O)C(=O)OC)C(=O)OC#CC#CC#CO. The van der Waals surface area contributed by atoms with E-state index in [4.69, 9.17) is 14.6 Å². The van der Waals surface area contributed by atoms with Gasteiger partial charge in [-0.15, -0.1) is 0 Å². The average Bonchev–Trinajstić information content (AvgIpc) is 2.83. The highest BCUT2D eigenvalue weighted by Gasteiger charge is 2.26. The van der Waals surface area contributed by atoms with Crippen molar-refractivity contribution in [2.45, 2.75) is 71.6 Å². The predicted molar refractivity (Wildman–Crippen MR) is 123 cm³/mol. The van der Waals surface area contributed by atoms with Gasteiger partial charge in [0, 0.05) is 29.6 Å². The number of nitrogens with zero attached hydrogens (tertiary/aromatic N) is 1. The smallest absolute Gasteiger partial charge is 0.322 e. The molecule has 0 aromatic rings. The largest absolute Gasteiger partial charge is 0.481 e. The second-order valence-electron chi connectivity index (χ2n) is 7.84. The first kappa shape index (κ1) is 30.4. The molecule has 8 heteroatoms. The second-order valence-corrected chi connectivity index (χ2v) is 7.84. The minimum atomic E-state index is -0.865. The third-order valence-corrected chi connectivity index (χ3v) is 5.57. The number of carbonyl (C=O) groups is 3. The molecule has 0 heterocycles. The van der Waals surface area contributed by atoms with Crippen molar-refractivity contribution in [1.82, 2.24) is 0 Å². The second kappa shape index (κ2) is 18.9. The molecule has 0 amide bonds. The van der Waals surface area contributed by atoms with Crippen molar-refractivity contribution in [3.05, 3.63) is 0 Å². The van der Waals surface area contributed by atoms with Gasteiger partial charge in [0.25, 0.3) is 0 Å². The Hall–Kier alpha value is -3.62. The molecule has 4 unspecified atom stereocenters. The van der Waals surface area contributed by atoms with Crippen molar-refractivity contribution in [3.8, 4) is 42.0 Å². The highest BCUT2D eigenvalue weighted by Crippen LogP contribution is 2.26. The fraction of sp³-hybridized carbons (Fsp3) is 0.615. The van der Waals surface area contributed by atoms with Gasteiger partial charge < -0.3 is 19.7 Å². The molecule has 2 N–H and O–H groups in total. The first-order valence-corrected chi connectivity index (χ1v) is 11.4. The van der Waals surface area contributed by atoms with Crippen LogP contribution in [0.25, 0.3) is 0 Å². The highest BCUT2D eigenvalue weighted by atomic mass is 16.5. The molecular weight excluding hydrogens is 438 g/mol. The molecule has 0 aliphatic carbocycles. The van der Waals surface area contributed by atoms with Gasteiger partial charge in [-0.3, -0.25) is 14.4 Å². The number of carboxylic acid groups (broad SMARTS) is 1. The van der Waals surface area contributed by atoms with Crippen LogP contribution < -0.4 is 0 Å². The Morgan fingerprint density at radius 1 is 0.824 bits per heavy atom. The van der Waals surface area contributed by atoms with Crippen LogP contribution >= 0.6 is 0 Å². The molecular formula is C26H33NO7. The molecule has 0 spiro atoms. The van der Waals surface area contributed by atoms with Crippen LogP contribution in [0.3, 0.4) is 0 Å². The lowest BCUT2D eigenvalue weighted by Gasteiger charge is -2.19. The molecule has 0 radical (unpaired) electrons. The molecule has 0 aliphatic heterocycles. The third-order valence-electron chi connectivity index (χ3n) is 5.57. The summed E-state index contributed by atoms with van der Waals surface area (Å²) in [5.41, 5.74) is 0. The number of nitriles is 1. The fourth-order valence-corrected chi connectivity index (χ4v) is 3.53. The van der Waals surface area contributed by atoms with E-state index >= 15 is 0 Å². The number of rotatable bonds is 15. The standard InChI is InChI=1S/C26H33NO7/c1-4-10-22(26(32)34-18-9-7-6-8-17-28)15-16-23(25(31)33-3)14-12-20(19-27)11-13-21(5-2)24(29)30/h20-23,28H,4-5,10-16H2,1-3H3,(H,29,30). The Morgan fingerprint density at radius 2 is 1.38 bits per heavy atom. The summed E-state index contributed by atoms with van der Waals surface area (Å²) in [6.07, 6.45) is 8.09.